The lowest BCUT2D eigenvalue weighted by Crippen LogP contribution is -2.41. The van der Waals surface area contributed by atoms with Gasteiger partial charge in [0.25, 0.3) is 0 Å². The molecular formula is C10H14BFO6S. The molecule has 0 radical (unpaired) electrons. The summed E-state index contributed by atoms with van der Waals surface area (Å²) in [4.78, 5) is 0. The molecule has 0 atom stereocenters. The molecule has 1 aliphatic rings. The summed E-state index contributed by atoms with van der Waals surface area (Å²) in [6.07, 6.45) is 0. The van der Waals surface area contributed by atoms with E-state index in [2.05, 4.69) is 4.18 Å². The summed E-state index contributed by atoms with van der Waals surface area (Å²) in [6, 6.07) is 2.58. The molecule has 2 heterocycles. The van der Waals surface area contributed by atoms with Crippen molar-refractivity contribution in [3.8, 4) is 5.95 Å². The molecule has 0 saturated carbocycles. The van der Waals surface area contributed by atoms with E-state index in [1.54, 1.807) is 0 Å². The van der Waals surface area contributed by atoms with E-state index in [0.29, 0.717) is 0 Å². The summed E-state index contributed by atoms with van der Waals surface area (Å²) in [6.45, 7) is 7.44. The second-order valence-electron chi connectivity index (χ2n) is 5.22. The van der Waals surface area contributed by atoms with Crippen LogP contribution in [0.3, 0.4) is 0 Å². The predicted octanol–water partition coefficient (Wildman–Crippen LogP) is 1.17. The standard InChI is InChI=1S/C10H14BFO6S/c1-9(2)10(3,4)18-11(17-9)7-5-6-8(15-7)16-19(12,13)14/h5-6H,1-4H3. The largest absolute Gasteiger partial charge is 0.532 e. The highest BCUT2D eigenvalue weighted by Crippen LogP contribution is 2.36. The summed E-state index contributed by atoms with van der Waals surface area (Å²) < 4.78 is 53.4. The van der Waals surface area contributed by atoms with Gasteiger partial charge in [0.1, 0.15) is 5.66 Å². The van der Waals surface area contributed by atoms with E-state index in [4.69, 9.17) is 13.7 Å². The second kappa shape index (κ2) is 4.22. The van der Waals surface area contributed by atoms with Crippen LogP contribution in [0.15, 0.2) is 16.5 Å². The van der Waals surface area contributed by atoms with Crippen molar-refractivity contribution in [3.63, 3.8) is 0 Å². The van der Waals surface area contributed by atoms with E-state index < -0.39 is 34.8 Å². The van der Waals surface area contributed by atoms with Gasteiger partial charge in [-0.1, -0.05) is 3.89 Å². The lowest BCUT2D eigenvalue weighted by molar-refractivity contribution is 0.00578. The van der Waals surface area contributed by atoms with Gasteiger partial charge in [0.15, 0.2) is 0 Å². The molecule has 2 rings (SSSR count). The third-order valence-corrected chi connectivity index (χ3v) is 3.63. The quantitative estimate of drug-likeness (QED) is 0.615. The molecule has 1 aromatic heterocycles. The zero-order valence-corrected chi connectivity index (χ0v) is 11.8. The molecule has 0 N–H and O–H groups in total. The maximum atomic E-state index is 12.3. The Kier molecular flexibility index (Phi) is 3.19. The monoisotopic (exact) mass is 292 g/mol. The summed E-state index contributed by atoms with van der Waals surface area (Å²) in [7, 11) is -5.91. The molecule has 0 amide bonds. The molecule has 0 bridgehead atoms. The molecule has 19 heavy (non-hydrogen) atoms. The van der Waals surface area contributed by atoms with E-state index in [0.717, 1.165) is 0 Å². The van der Waals surface area contributed by atoms with Gasteiger partial charge in [0.05, 0.1) is 11.2 Å². The van der Waals surface area contributed by atoms with Crippen LogP contribution >= 0.6 is 0 Å². The molecule has 0 aliphatic carbocycles. The molecule has 1 aliphatic heterocycles. The van der Waals surface area contributed by atoms with Crippen molar-refractivity contribution in [2.24, 2.45) is 0 Å². The maximum absolute atomic E-state index is 12.3. The zero-order chi connectivity index (χ0) is 14.5. The third kappa shape index (κ3) is 2.93. The van der Waals surface area contributed by atoms with Crippen molar-refractivity contribution in [2.45, 2.75) is 38.9 Å². The minimum atomic E-state index is -5.11. The Labute approximate surface area is 111 Å². The van der Waals surface area contributed by atoms with Crippen molar-refractivity contribution in [3.05, 3.63) is 12.1 Å². The Balaban J connectivity index is 2.17. The van der Waals surface area contributed by atoms with Gasteiger partial charge >= 0.3 is 23.6 Å². The first-order chi connectivity index (χ1) is 8.50. The fraction of sp³-hybridized carbons (Fsp3) is 0.600. The van der Waals surface area contributed by atoms with Gasteiger partial charge < -0.3 is 17.9 Å². The highest BCUT2D eigenvalue weighted by Gasteiger charge is 2.53. The van der Waals surface area contributed by atoms with Crippen molar-refractivity contribution in [2.75, 3.05) is 0 Å². The molecule has 9 heteroatoms. The van der Waals surface area contributed by atoms with E-state index in [-0.39, 0.29) is 5.66 Å². The molecule has 1 saturated heterocycles. The van der Waals surface area contributed by atoms with Crippen LogP contribution in [0.5, 0.6) is 5.95 Å². The first kappa shape index (κ1) is 14.4. The minimum Gasteiger partial charge on any atom is -0.434 e. The van der Waals surface area contributed by atoms with Gasteiger partial charge in [0.2, 0.25) is 0 Å². The fourth-order valence-electron chi connectivity index (χ4n) is 1.56. The van der Waals surface area contributed by atoms with Crippen molar-refractivity contribution in [1.29, 1.82) is 0 Å². The SMILES string of the molecule is CC1(C)OB(c2ccc(OS(=O)(=O)F)o2)OC1(C)C. The van der Waals surface area contributed by atoms with Crippen molar-refractivity contribution >= 4 is 23.3 Å². The maximum Gasteiger partial charge on any atom is 0.532 e. The van der Waals surface area contributed by atoms with Crippen LogP contribution in [-0.4, -0.2) is 26.7 Å². The van der Waals surface area contributed by atoms with Gasteiger partial charge in [0, 0.05) is 6.07 Å². The predicted molar refractivity (Wildman–Crippen MR) is 65.1 cm³/mol. The Morgan fingerprint density at radius 1 is 1.16 bits per heavy atom. The lowest BCUT2D eigenvalue weighted by atomic mass is 9.86. The fourth-order valence-corrected chi connectivity index (χ4v) is 1.85. The van der Waals surface area contributed by atoms with Crippen LogP contribution in [0, 0.1) is 0 Å². The van der Waals surface area contributed by atoms with Crippen LogP contribution in [0.1, 0.15) is 27.7 Å². The Bertz CT molecular complexity index is 563. The van der Waals surface area contributed by atoms with Crippen LogP contribution in [0.2, 0.25) is 0 Å². The summed E-state index contributed by atoms with van der Waals surface area (Å²) >= 11 is 0. The molecular weight excluding hydrogens is 278 g/mol. The highest BCUT2D eigenvalue weighted by molar-refractivity contribution is 7.81. The van der Waals surface area contributed by atoms with Crippen LogP contribution in [0.25, 0.3) is 0 Å². The average molecular weight is 292 g/mol. The summed E-state index contributed by atoms with van der Waals surface area (Å²) in [5.41, 5.74) is -0.910. The van der Waals surface area contributed by atoms with Gasteiger partial charge in [-0.2, -0.15) is 8.42 Å². The normalized spacial score (nSPS) is 21.6. The third-order valence-electron chi connectivity index (χ3n) is 3.27. The van der Waals surface area contributed by atoms with E-state index >= 15 is 0 Å². The van der Waals surface area contributed by atoms with Gasteiger partial charge in [-0.3, -0.25) is 0 Å². The molecule has 0 aromatic carbocycles. The molecule has 6 nitrogen and oxygen atoms in total. The first-order valence-electron chi connectivity index (χ1n) is 5.60. The van der Waals surface area contributed by atoms with Crippen LogP contribution in [-0.2, 0) is 19.8 Å². The minimum absolute atomic E-state index is 0.206. The number of rotatable bonds is 3. The number of hydrogen-bond acceptors (Lipinski definition) is 6. The summed E-state index contributed by atoms with van der Waals surface area (Å²) in [5, 5.41) is 0. The Morgan fingerprint density at radius 2 is 1.68 bits per heavy atom. The highest BCUT2D eigenvalue weighted by atomic mass is 32.3. The molecule has 1 aromatic rings. The van der Waals surface area contributed by atoms with Crippen LogP contribution < -0.4 is 9.84 Å². The van der Waals surface area contributed by atoms with E-state index in [9.17, 15) is 12.3 Å². The van der Waals surface area contributed by atoms with Crippen molar-refractivity contribution < 1.29 is 30.2 Å². The van der Waals surface area contributed by atoms with Gasteiger partial charge in [-0.25, -0.2) is 0 Å². The van der Waals surface area contributed by atoms with Gasteiger partial charge in [-0.05, 0) is 33.8 Å². The average Bonchev–Trinajstić information content (AvgIpc) is 2.68. The Morgan fingerprint density at radius 3 is 2.16 bits per heavy atom. The van der Waals surface area contributed by atoms with E-state index in [1.807, 2.05) is 27.7 Å². The molecule has 0 unspecified atom stereocenters. The topological polar surface area (TPSA) is 75.0 Å². The number of hydrogen-bond donors (Lipinski definition) is 0. The number of furan rings is 1. The smallest absolute Gasteiger partial charge is 0.434 e. The lowest BCUT2D eigenvalue weighted by Gasteiger charge is -2.32. The summed E-state index contributed by atoms with van der Waals surface area (Å²) in [5.74, 6) is -0.479. The molecule has 1 fully saturated rings. The van der Waals surface area contributed by atoms with Crippen LogP contribution in [0.4, 0.5) is 3.89 Å². The number of halogens is 1. The molecule has 106 valence electrons. The first-order valence-corrected chi connectivity index (χ1v) is 6.90. The van der Waals surface area contributed by atoms with E-state index in [1.165, 1.54) is 12.1 Å². The second-order valence-corrected chi connectivity index (χ2v) is 6.17. The molecule has 0 spiro atoms. The van der Waals surface area contributed by atoms with Crippen molar-refractivity contribution in [1.82, 2.24) is 0 Å². The van der Waals surface area contributed by atoms with Gasteiger partial charge in [-0.15, -0.1) is 0 Å². The zero-order valence-electron chi connectivity index (χ0n) is 11.0. The Hall–Kier alpha value is -1.06.